The van der Waals surface area contributed by atoms with Crippen molar-refractivity contribution in [2.75, 3.05) is 0 Å². The molecule has 3 aromatic rings. The van der Waals surface area contributed by atoms with Crippen LogP contribution in [0.5, 0.6) is 0 Å². The largest absolute Gasteiger partial charge is 0.459 e. The molecule has 20 heavy (non-hydrogen) atoms. The van der Waals surface area contributed by atoms with E-state index in [0.29, 0.717) is 0 Å². The number of fused-ring (bicyclic) bond motifs is 1. The van der Waals surface area contributed by atoms with Crippen molar-refractivity contribution < 1.29 is 4.42 Å². The predicted molar refractivity (Wildman–Crippen MR) is 81.0 cm³/mol. The fraction of sp³-hybridized carbons (Fsp3) is 0.176. The molecule has 1 aromatic heterocycles. The second-order valence-electron chi connectivity index (χ2n) is 4.93. The van der Waals surface area contributed by atoms with Gasteiger partial charge in [-0.25, -0.2) is 5.43 Å². The third-order valence-corrected chi connectivity index (χ3v) is 3.55. The van der Waals surface area contributed by atoms with E-state index in [9.17, 15) is 0 Å². The van der Waals surface area contributed by atoms with Crippen LogP contribution in [0.15, 0.2) is 65.1 Å². The second kappa shape index (κ2) is 5.90. The zero-order valence-electron chi connectivity index (χ0n) is 11.3. The predicted octanol–water partition coefficient (Wildman–Crippen LogP) is 3.57. The summed E-state index contributed by atoms with van der Waals surface area (Å²) >= 11 is 0. The van der Waals surface area contributed by atoms with E-state index in [-0.39, 0.29) is 6.04 Å². The molecule has 0 fully saturated rings. The van der Waals surface area contributed by atoms with Crippen molar-refractivity contribution in [2.24, 2.45) is 5.84 Å². The van der Waals surface area contributed by atoms with Crippen LogP contribution < -0.4 is 11.3 Å². The van der Waals surface area contributed by atoms with Crippen LogP contribution in [-0.2, 0) is 6.42 Å². The lowest BCUT2D eigenvalue weighted by atomic mass is 10.0. The Morgan fingerprint density at radius 3 is 2.50 bits per heavy atom. The van der Waals surface area contributed by atoms with E-state index in [2.05, 4.69) is 35.8 Å². The van der Waals surface area contributed by atoms with Crippen LogP contribution in [0.25, 0.3) is 11.0 Å². The van der Waals surface area contributed by atoms with E-state index in [0.717, 1.165) is 29.6 Å². The van der Waals surface area contributed by atoms with Gasteiger partial charge in [0.05, 0.1) is 6.04 Å². The Balaban J connectivity index is 1.75. The molecule has 0 aliphatic carbocycles. The van der Waals surface area contributed by atoms with Crippen molar-refractivity contribution in [3.63, 3.8) is 0 Å². The number of aryl methyl sites for hydroxylation is 1. The molecule has 1 unspecified atom stereocenters. The van der Waals surface area contributed by atoms with Crippen LogP contribution in [0.1, 0.15) is 23.8 Å². The fourth-order valence-corrected chi connectivity index (χ4v) is 2.44. The summed E-state index contributed by atoms with van der Waals surface area (Å²) in [7, 11) is 0. The first-order chi connectivity index (χ1) is 9.86. The molecule has 0 aliphatic heterocycles. The van der Waals surface area contributed by atoms with Gasteiger partial charge in [-0.05, 0) is 30.5 Å². The van der Waals surface area contributed by atoms with Crippen molar-refractivity contribution in [3.8, 4) is 0 Å². The van der Waals surface area contributed by atoms with Gasteiger partial charge >= 0.3 is 0 Å². The molecule has 2 aromatic carbocycles. The lowest BCUT2D eigenvalue weighted by Gasteiger charge is -2.12. The number of benzene rings is 2. The Hall–Kier alpha value is -2.10. The Bertz CT molecular complexity index is 643. The van der Waals surface area contributed by atoms with Gasteiger partial charge in [-0.1, -0.05) is 48.5 Å². The van der Waals surface area contributed by atoms with Gasteiger partial charge in [0.1, 0.15) is 11.3 Å². The maximum Gasteiger partial charge on any atom is 0.134 e. The average molecular weight is 266 g/mol. The molecule has 0 saturated heterocycles. The van der Waals surface area contributed by atoms with E-state index >= 15 is 0 Å². The highest BCUT2D eigenvalue weighted by molar-refractivity contribution is 5.77. The molecule has 0 aliphatic rings. The van der Waals surface area contributed by atoms with Crippen molar-refractivity contribution >= 4 is 11.0 Å². The molecule has 0 spiro atoms. The summed E-state index contributed by atoms with van der Waals surface area (Å²) in [5.74, 6) is 6.57. The number of hydrazine groups is 1. The van der Waals surface area contributed by atoms with Gasteiger partial charge in [-0.3, -0.25) is 5.84 Å². The molecule has 0 radical (unpaired) electrons. The smallest absolute Gasteiger partial charge is 0.134 e. The average Bonchev–Trinajstić information content (AvgIpc) is 2.92. The maximum absolute atomic E-state index is 5.87. The van der Waals surface area contributed by atoms with Crippen LogP contribution in [0.2, 0.25) is 0 Å². The highest BCUT2D eigenvalue weighted by Crippen LogP contribution is 2.26. The molecular formula is C17H18N2O. The van der Waals surface area contributed by atoms with Gasteiger partial charge in [-0.2, -0.15) is 0 Å². The summed E-state index contributed by atoms with van der Waals surface area (Å²) < 4.78 is 5.87. The van der Waals surface area contributed by atoms with Crippen molar-refractivity contribution in [3.05, 3.63) is 72.0 Å². The highest BCUT2D eigenvalue weighted by atomic mass is 16.3. The molecule has 0 saturated carbocycles. The number of hydrogen-bond acceptors (Lipinski definition) is 3. The monoisotopic (exact) mass is 266 g/mol. The van der Waals surface area contributed by atoms with E-state index in [1.807, 2.05) is 30.3 Å². The van der Waals surface area contributed by atoms with Crippen LogP contribution in [-0.4, -0.2) is 0 Å². The molecule has 1 heterocycles. The molecular weight excluding hydrogens is 248 g/mol. The van der Waals surface area contributed by atoms with E-state index < -0.39 is 0 Å². The number of nitrogens with one attached hydrogen (secondary N) is 1. The van der Waals surface area contributed by atoms with Crippen LogP contribution in [0.4, 0.5) is 0 Å². The minimum absolute atomic E-state index is 0.0302. The van der Waals surface area contributed by atoms with Crippen molar-refractivity contribution in [2.45, 2.75) is 18.9 Å². The lowest BCUT2D eigenvalue weighted by Crippen LogP contribution is -2.28. The molecule has 0 bridgehead atoms. The summed E-state index contributed by atoms with van der Waals surface area (Å²) in [6.07, 6.45) is 1.87. The molecule has 102 valence electrons. The molecule has 1 atom stereocenters. The second-order valence-corrected chi connectivity index (χ2v) is 4.93. The van der Waals surface area contributed by atoms with Crippen LogP contribution in [0.3, 0.4) is 0 Å². The zero-order valence-corrected chi connectivity index (χ0v) is 11.3. The van der Waals surface area contributed by atoms with Crippen LogP contribution >= 0.6 is 0 Å². The normalized spacial score (nSPS) is 12.7. The first-order valence-electron chi connectivity index (χ1n) is 6.85. The third-order valence-electron chi connectivity index (χ3n) is 3.55. The summed E-state index contributed by atoms with van der Waals surface area (Å²) in [6.45, 7) is 0. The molecule has 3 heteroatoms. The standard InChI is InChI=1S/C17H18N2O/c18-19-15(11-10-13-6-2-1-3-7-13)17-12-14-8-4-5-9-16(14)20-17/h1-9,12,15,19H,10-11,18H2. The maximum atomic E-state index is 5.87. The van der Waals surface area contributed by atoms with Gasteiger partial charge in [0.15, 0.2) is 0 Å². The Morgan fingerprint density at radius 1 is 1.00 bits per heavy atom. The van der Waals surface area contributed by atoms with Gasteiger partial charge in [0.25, 0.3) is 0 Å². The van der Waals surface area contributed by atoms with Gasteiger partial charge < -0.3 is 4.42 Å². The van der Waals surface area contributed by atoms with Gasteiger partial charge in [0, 0.05) is 5.39 Å². The zero-order chi connectivity index (χ0) is 13.8. The Labute approximate surface area is 118 Å². The molecule has 3 rings (SSSR count). The molecule has 3 N–H and O–H groups in total. The molecule has 3 nitrogen and oxygen atoms in total. The lowest BCUT2D eigenvalue weighted by molar-refractivity contribution is 0.417. The first-order valence-corrected chi connectivity index (χ1v) is 6.85. The van der Waals surface area contributed by atoms with Crippen molar-refractivity contribution in [1.29, 1.82) is 0 Å². The van der Waals surface area contributed by atoms with Crippen LogP contribution in [0, 0.1) is 0 Å². The van der Waals surface area contributed by atoms with E-state index in [1.54, 1.807) is 0 Å². The number of furan rings is 1. The molecule has 0 amide bonds. The summed E-state index contributed by atoms with van der Waals surface area (Å²) in [5, 5.41) is 1.11. The third kappa shape index (κ3) is 2.74. The fourth-order valence-electron chi connectivity index (χ4n) is 2.44. The van der Waals surface area contributed by atoms with E-state index in [4.69, 9.17) is 10.3 Å². The quantitative estimate of drug-likeness (QED) is 0.548. The minimum atomic E-state index is 0.0302. The SMILES string of the molecule is NNC(CCc1ccccc1)c1cc2ccccc2o1. The van der Waals surface area contributed by atoms with Crippen molar-refractivity contribution in [1.82, 2.24) is 5.43 Å². The minimum Gasteiger partial charge on any atom is -0.459 e. The van der Waals surface area contributed by atoms with Gasteiger partial charge in [0.2, 0.25) is 0 Å². The Morgan fingerprint density at radius 2 is 1.75 bits per heavy atom. The number of nitrogens with two attached hydrogens (primary N) is 1. The summed E-state index contributed by atoms with van der Waals surface area (Å²) in [4.78, 5) is 0. The summed E-state index contributed by atoms with van der Waals surface area (Å²) in [6, 6.07) is 20.5. The first kappa shape index (κ1) is 12.9. The summed E-state index contributed by atoms with van der Waals surface area (Å²) in [5.41, 5.74) is 5.07. The Kier molecular flexibility index (Phi) is 3.81. The van der Waals surface area contributed by atoms with E-state index in [1.165, 1.54) is 5.56 Å². The number of rotatable bonds is 5. The number of hydrogen-bond donors (Lipinski definition) is 2. The topological polar surface area (TPSA) is 51.2 Å². The number of para-hydroxylation sites is 1. The highest BCUT2D eigenvalue weighted by Gasteiger charge is 2.14. The van der Waals surface area contributed by atoms with Gasteiger partial charge in [-0.15, -0.1) is 0 Å².